The van der Waals surface area contributed by atoms with E-state index in [0.717, 1.165) is 24.3 Å². The average molecular weight is 239 g/mol. The molecule has 0 amide bonds. The van der Waals surface area contributed by atoms with Crippen LogP contribution in [0.15, 0.2) is 24.3 Å². The lowest BCUT2D eigenvalue weighted by atomic mass is 9.96. The fourth-order valence-electron chi connectivity index (χ4n) is 2.40. The van der Waals surface area contributed by atoms with Gasteiger partial charge in [0.2, 0.25) is 0 Å². The van der Waals surface area contributed by atoms with E-state index in [9.17, 15) is 4.79 Å². The molecule has 1 aromatic carbocycles. The fraction of sp³-hybridized carbons (Fsp3) is 0.462. The van der Waals surface area contributed by atoms with Gasteiger partial charge >= 0.3 is 5.97 Å². The minimum absolute atomic E-state index is 0.0727. The summed E-state index contributed by atoms with van der Waals surface area (Å²) in [4.78, 5) is 11.4. The number of methoxy groups -OCH3 is 1. The van der Waals surface area contributed by atoms with Gasteiger partial charge in [0.15, 0.2) is 0 Å². The molecule has 1 saturated carbocycles. The molecule has 0 N–H and O–H groups in total. The lowest BCUT2D eigenvalue weighted by Gasteiger charge is -2.10. The Morgan fingerprint density at radius 3 is 2.62 bits per heavy atom. The summed E-state index contributed by atoms with van der Waals surface area (Å²) in [7, 11) is 1.46. The number of benzene rings is 1. The Labute approximate surface area is 101 Å². The van der Waals surface area contributed by atoms with Crippen LogP contribution in [0.25, 0.3) is 0 Å². The summed E-state index contributed by atoms with van der Waals surface area (Å²) < 4.78 is 4.78. The monoisotopic (exact) mass is 238 g/mol. The summed E-state index contributed by atoms with van der Waals surface area (Å²) in [6.45, 7) is 0. The van der Waals surface area contributed by atoms with E-state index < -0.39 is 0 Å². The first-order valence-electron chi connectivity index (χ1n) is 5.54. The predicted molar refractivity (Wildman–Crippen MR) is 63.6 cm³/mol. The van der Waals surface area contributed by atoms with E-state index in [-0.39, 0.29) is 11.9 Å². The topological polar surface area (TPSA) is 26.3 Å². The first-order chi connectivity index (χ1) is 7.70. The van der Waals surface area contributed by atoms with Gasteiger partial charge in [-0.2, -0.15) is 0 Å². The molecule has 0 spiro atoms. The van der Waals surface area contributed by atoms with Gasteiger partial charge in [-0.15, -0.1) is 0 Å². The molecule has 1 fully saturated rings. The quantitative estimate of drug-likeness (QED) is 0.739. The second-order valence-corrected chi connectivity index (χ2v) is 4.72. The van der Waals surface area contributed by atoms with Gasteiger partial charge in [-0.25, -0.2) is 0 Å². The Hall–Kier alpha value is -1.02. The van der Waals surface area contributed by atoms with Gasteiger partial charge in [-0.3, -0.25) is 4.79 Å². The molecule has 1 aromatic rings. The Morgan fingerprint density at radius 2 is 2.00 bits per heavy atom. The van der Waals surface area contributed by atoms with Crippen molar-refractivity contribution in [2.75, 3.05) is 7.11 Å². The van der Waals surface area contributed by atoms with Gasteiger partial charge in [-0.05, 0) is 42.9 Å². The zero-order valence-electron chi connectivity index (χ0n) is 9.28. The molecule has 2 rings (SSSR count). The number of ether oxygens (including phenoxy) is 1. The number of hydrogen-bond acceptors (Lipinski definition) is 2. The van der Waals surface area contributed by atoms with Crippen LogP contribution in [0.5, 0.6) is 0 Å². The second-order valence-electron chi connectivity index (χ2n) is 4.28. The van der Waals surface area contributed by atoms with Crippen molar-refractivity contribution < 1.29 is 9.53 Å². The zero-order chi connectivity index (χ0) is 11.5. The number of halogens is 1. The number of esters is 1. The molecule has 2 nitrogen and oxygen atoms in total. The smallest absolute Gasteiger partial charge is 0.308 e. The maximum absolute atomic E-state index is 11.4. The highest BCUT2D eigenvalue weighted by molar-refractivity contribution is 6.30. The highest BCUT2D eigenvalue weighted by Crippen LogP contribution is 2.38. The Morgan fingerprint density at radius 1 is 1.31 bits per heavy atom. The number of hydrogen-bond donors (Lipinski definition) is 0. The summed E-state index contributed by atoms with van der Waals surface area (Å²) >= 11 is 5.85. The van der Waals surface area contributed by atoms with Gasteiger partial charge in [0, 0.05) is 5.02 Å². The maximum Gasteiger partial charge on any atom is 0.308 e. The van der Waals surface area contributed by atoms with Crippen molar-refractivity contribution in [1.29, 1.82) is 0 Å². The molecule has 2 unspecified atom stereocenters. The van der Waals surface area contributed by atoms with Crippen molar-refractivity contribution >= 4 is 17.6 Å². The molecule has 86 valence electrons. The molecular weight excluding hydrogens is 224 g/mol. The number of carbonyl (C=O) groups excluding carboxylic acids is 1. The molecule has 0 bridgehead atoms. The van der Waals surface area contributed by atoms with Crippen LogP contribution < -0.4 is 0 Å². The third-order valence-electron chi connectivity index (χ3n) is 3.31. The molecule has 0 aliphatic heterocycles. The molecule has 0 saturated heterocycles. The molecule has 2 atom stereocenters. The molecule has 1 aliphatic rings. The van der Waals surface area contributed by atoms with Crippen molar-refractivity contribution in [3.05, 3.63) is 34.9 Å². The van der Waals surface area contributed by atoms with E-state index in [1.807, 2.05) is 24.3 Å². The summed E-state index contributed by atoms with van der Waals surface area (Å²) in [6.07, 6.45) is 2.88. The molecule has 16 heavy (non-hydrogen) atoms. The normalized spacial score (nSPS) is 24.4. The van der Waals surface area contributed by atoms with Crippen LogP contribution in [0.4, 0.5) is 0 Å². The molecule has 0 heterocycles. The van der Waals surface area contributed by atoms with Gasteiger partial charge < -0.3 is 4.74 Å². The Bertz CT molecular complexity index is 372. The predicted octanol–water partition coefficient (Wildman–Crippen LogP) is 3.40. The van der Waals surface area contributed by atoms with Gasteiger partial charge in [0.1, 0.15) is 0 Å². The summed E-state index contributed by atoms with van der Waals surface area (Å²) in [5, 5.41) is 0.756. The molecule has 0 radical (unpaired) electrons. The van der Waals surface area contributed by atoms with Crippen molar-refractivity contribution in [2.45, 2.75) is 25.2 Å². The highest BCUT2D eigenvalue weighted by atomic mass is 35.5. The second kappa shape index (κ2) is 4.88. The van der Waals surface area contributed by atoms with Gasteiger partial charge in [-0.1, -0.05) is 23.7 Å². The van der Waals surface area contributed by atoms with Crippen molar-refractivity contribution in [2.24, 2.45) is 5.92 Å². The van der Waals surface area contributed by atoms with Crippen LogP contribution in [0.3, 0.4) is 0 Å². The van der Waals surface area contributed by atoms with Crippen molar-refractivity contribution in [3.8, 4) is 0 Å². The molecular formula is C13H15ClO2. The Balaban J connectivity index is 2.03. The van der Waals surface area contributed by atoms with E-state index in [2.05, 4.69) is 0 Å². The van der Waals surface area contributed by atoms with Crippen LogP contribution >= 0.6 is 11.6 Å². The molecule has 3 heteroatoms. The fourth-order valence-corrected chi connectivity index (χ4v) is 2.53. The van der Waals surface area contributed by atoms with Gasteiger partial charge in [0.25, 0.3) is 0 Å². The van der Waals surface area contributed by atoms with Crippen LogP contribution in [-0.4, -0.2) is 13.1 Å². The van der Waals surface area contributed by atoms with E-state index >= 15 is 0 Å². The van der Waals surface area contributed by atoms with E-state index in [1.165, 1.54) is 12.7 Å². The number of carbonyl (C=O) groups is 1. The van der Waals surface area contributed by atoms with Crippen molar-refractivity contribution in [1.82, 2.24) is 0 Å². The zero-order valence-corrected chi connectivity index (χ0v) is 10.0. The summed E-state index contributed by atoms with van der Waals surface area (Å²) in [6, 6.07) is 7.91. The average Bonchev–Trinajstić information content (AvgIpc) is 2.78. The first kappa shape index (κ1) is 11.5. The van der Waals surface area contributed by atoms with Crippen LogP contribution in [0, 0.1) is 5.92 Å². The van der Waals surface area contributed by atoms with E-state index in [1.54, 1.807) is 0 Å². The summed E-state index contributed by atoms with van der Waals surface area (Å²) in [5.41, 5.74) is 1.27. The van der Waals surface area contributed by atoms with Crippen LogP contribution in [0.2, 0.25) is 5.02 Å². The minimum Gasteiger partial charge on any atom is -0.469 e. The SMILES string of the molecule is COC(=O)C1CCC(c2ccc(Cl)cc2)C1. The largest absolute Gasteiger partial charge is 0.469 e. The molecule has 1 aliphatic carbocycles. The maximum atomic E-state index is 11.4. The Kier molecular flexibility index (Phi) is 3.49. The van der Waals surface area contributed by atoms with E-state index in [4.69, 9.17) is 16.3 Å². The minimum atomic E-state index is -0.0727. The van der Waals surface area contributed by atoms with Crippen molar-refractivity contribution in [3.63, 3.8) is 0 Å². The third kappa shape index (κ3) is 2.38. The lowest BCUT2D eigenvalue weighted by molar-refractivity contribution is -0.145. The van der Waals surface area contributed by atoms with E-state index in [0.29, 0.717) is 5.92 Å². The summed E-state index contributed by atoms with van der Waals surface area (Å²) in [5.74, 6) is 0.475. The molecule has 0 aromatic heterocycles. The lowest BCUT2D eigenvalue weighted by Crippen LogP contribution is -2.12. The third-order valence-corrected chi connectivity index (χ3v) is 3.56. The van der Waals surface area contributed by atoms with Crippen LogP contribution in [-0.2, 0) is 9.53 Å². The number of rotatable bonds is 2. The first-order valence-corrected chi connectivity index (χ1v) is 5.92. The van der Waals surface area contributed by atoms with Gasteiger partial charge in [0.05, 0.1) is 13.0 Å². The standard InChI is InChI=1S/C13H15ClO2/c1-16-13(15)11-3-2-10(8-11)9-4-6-12(14)7-5-9/h4-7,10-11H,2-3,8H2,1H3. The highest BCUT2D eigenvalue weighted by Gasteiger charge is 2.31. The van der Waals surface area contributed by atoms with Crippen LogP contribution in [0.1, 0.15) is 30.7 Å².